The summed E-state index contributed by atoms with van der Waals surface area (Å²) in [6.45, 7) is 4.15. The van der Waals surface area contributed by atoms with Crippen LogP contribution in [0.5, 0.6) is 0 Å². The van der Waals surface area contributed by atoms with Crippen LogP contribution in [0.1, 0.15) is 26.7 Å². The summed E-state index contributed by atoms with van der Waals surface area (Å²) in [5.41, 5.74) is -0.216. The van der Waals surface area contributed by atoms with Crippen molar-refractivity contribution in [3.63, 3.8) is 0 Å². The molecule has 4 rings (SSSR count). The molecule has 0 heterocycles. The summed E-state index contributed by atoms with van der Waals surface area (Å²) in [5, 5.41) is 9.23. The lowest BCUT2D eigenvalue weighted by Crippen LogP contribution is -2.36. The average Bonchev–Trinajstić information content (AvgIpc) is 2.37. The summed E-state index contributed by atoms with van der Waals surface area (Å²) in [6, 6.07) is 0. The number of rotatable bonds is 1. The van der Waals surface area contributed by atoms with Gasteiger partial charge in [0.1, 0.15) is 0 Å². The van der Waals surface area contributed by atoms with E-state index in [1.165, 1.54) is 12.8 Å². The highest BCUT2D eigenvalue weighted by molar-refractivity contribution is 5.79. The van der Waals surface area contributed by atoms with Gasteiger partial charge >= 0.3 is 5.97 Å². The highest BCUT2D eigenvalue weighted by Crippen LogP contribution is 2.86. The van der Waals surface area contributed by atoms with Crippen molar-refractivity contribution in [2.45, 2.75) is 26.7 Å². The first-order chi connectivity index (χ1) is 5.53. The number of hydrogen-bond donors (Lipinski definition) is 1. The molecule has 66 valence electrons. The van der Waals surface area contributed by atoms with E-state index in [1.807, 2.05) is 6.92 Å². The van der Waals surface area contributed by atoms with Crippen LogP contribution >= 0.6 is 0 Å². The lowest BCUT2D eigenvalue weighted by molar-refractivity contribution is -0.152. The van der Waals surface area contributed by atoms with Crippen molar-refractivity contribution >= 4 is 5.97 Å². The molecule has 3 unspecified atom stereocenters. The van der Waals surface area contributed by atoms with Gasteiger partial charge in [0, 0.05) is 0 Å². The molecule has 0 saturated heterocycles. The normalized spacial score (nSPS) is 65.3. The summed E-state index contributed by atoms with van der Waals surface area (Å²) < 4.78 is 0. The first-order valence-corrected chi connectivity index (χ1v) is 4.76. The maximum Gasteiger partial charge on any atom is 0.310 e. The van der Waals surface area contributed by atoms with Crippen molar-refractivity contribution in [3.8, 4) is 0 Å². The Morgan fingerprint density at radius 1 is 1.33 bits per heavy atom. The quantitative estimate of drug-likeness (QED) is 0.644. The molecule has 0 aromatic heterocycles. The van der Waals surface area contributed by atoms with Crippen LogP contribution in [0.25, 0.3) is 0 Å². The molecule has 4 bridgehead atoms. The van der Waals surface area contributed by atoms with Gasteiger partial charge in [0.2, 0.25) is 0 Å². The van der Waals surface area contributed by atoms with Gasteiger partial charge < -0.3 is 5.11 Å². The van der Waals surface area contributed by atoms with Crippen molar-refractivity contribution in [1.82, 2.24) is 0 Å². The van der Waals surface area contributed by atoms with E-state index in [2.05, 4.69) is 6.92 Å². The molecule has 2 heteroatoms. The van der Waals surface area contributed by atoms with Crippen LogP contribution in [0.2, 0.25) is 0 Å². The Balaban J connectivity index is 2.14. The number of carboxylic acids is 1. The molecule has 4 saturated carbocycles. The molecule has 4 fully saturated rings. The highest BCUT2D eigenvalue weighted by Gasteiger charge is 2.83. The van der Waals surface area contributed by atoms with Gasteiger partial charge in [-0.05, 0) is 42.9 Å². The van der Waals surface area contributed by atoms with Gasteiger partial charge in [-0.15, -0.1) is 0 Å². The second-order valence-corrected chi connectivity index (χ2v) is 5.17. The third kappa shape index (κ3) is 0.377. The fourth-order valence-corrected chi connectivity index (χ4v) is 4.31. The van der Waals surface area contributed by atoms with Gasteiger partial charge in [-0.3, -0.25) is 4.79 Å². The van der Waals surface area contributed by atoms with Crippen LogP contribution < -0.4 is 0 Å². The van der Waals surface area contributed by atoms with Crippen molar-refractivity contribution in [2.75, 3.05) is 0 Å². The maximum atomic E-state index is 11.2. The molecule has 0 radical (unpaired) electrons. The Morgan fingerprint density at radius 3 is 2.00 bits per heavy atom. The first-order valence-electron chi connectivity index (χ1n) is 4.76. The lowest BCUT2D eigenvalue weighted by Gasteiger charge is -2.28. The van der Waals surface area contributed by atoms with Gasteiger partial charge in [0.05, 0.1) is 5.41 Å². The number of hydrogen-bond acceptors (Lipinski definition) is 1. The Morgan fingerprint density at radius 2 is 1.83 bits per heavy atom. The summed E-state index contributed by atoms with van der Waals surface area (Å²) in [6.07, 6.45) is 2.37. The van der Waals surface area contributed by atoms with Gasteiger partial charge in [0.15, 0.2) is 0 Å². The van der Waals surface area contributed by atoms with Gasteiger partial charge in [0.25, 0.3) is 0 Å². The molecule has 4 aliphatic rings. The van der Waals surface area contributed by atoms with Crippen LogP contribution in [0.4, 0.5) is 0 Å². The van der Waals surface area contributed by atoms with E-state index in [-0.39, 0.29) is 10.8 Å². The second-order valence-electron chi connectivity index (χ2n) is 5.17. The number of carboxylic acid groups (broad SMARTS) is 1. The summed E-state index contributed by atoms with van der Waals surface area (Å²) in [5.74, 6) is 1.43. The van der Waals surface area contributed by atoms with Crippen molar-refractivity contribution in [3.05, 3.63) is 0 Å². The monoisotopic (exact) mass is 166 g/mol. The molecule has 0 spiro atoms. The number of carbonyl (C=O) groups is 1. The fourth-order valence-electron chi connectivity index (χ4n) is 4.31. The molecule has 3 atom stereocenters. The molecule has 4 aliphatic carbocycles. The van der Waals surface area contributed by atoms with E-state index < -0.39 is 5.97 Å². The largest absolute Gasteiger partial charge is 0.481 e. The third-order valence-electron chi connectivity index (χ3n) is 5.37. The van der Waals surface area contributed by atoms with Crippen molar-refractivity contribution < 1.29 is 9.90 Å². The third-order valence-corrected chi connectivity index (χ3v) is 5.37. The average molecular weight is 166 g/mol. The maximum absolute atomic E-state index is 11.2. The van der Waals surface area contributed by atoms with Crippen LogP contribution in [-0.2, 0) is 4.79 Å². The molecule has 0 aromatic rings. The van der Waals surface area contributed by atoms with Gasteiger partial charge in [-0.25, -0.2) is 0 Å². The van der Waals surface area contributed by atoms with E-state index >= 15 is 0 Å². The predicted molar refractivity (Wildman–Crippen MR) is 43.6 cm³/mol. The van der Waals surface area contributed by atoms with E-state index in [0.29, 0.717) is 5.92 Å². The molecular formula is C10H14O2. The SMILES string of the molecule is CC1(C(=O)O)C2CC3C(C2)C31C. The number of aliphatic carboxylic acids is 1. The smallest absolute Gasteiger partial charge is 0.310 e. The Hall–Kier alpha value is -0.530. The summed E-state index contributed by atoms with van der Waals surface area (Å²) in [7, 11) is 0. The Kier molecular flexibility index (Phi) is 0.836. The second kappa shape index (κ2) is 1.45. The van der Waals surface area contributed by atoms with Crippen LogP contribution in [0.15, 0.2) is 0 Å². The fraction of sp³-hybridized carbons (Fsp3) is 0.900. The molecule has 0 amide bonds. The van der Waals surface area contributed by atoms with E-state index in [4.69, 9.17) is 0 Å². The van der Waals surface area contributed by atoms with Crippen LogP contribution in [0.3, 0.4) is 0 Å². The predicted octanol–water partition coefficient (Wildman–Crippen LogP) is 1.75. The van der Waals surface area contributed by atoms with Gasteiger partial charge in [-0.2, -0.15) is 0 Å². The molecular weight excluding hydrogens is 152 g/mol. The van der Waals surface area contributed by atoms with Crippen LogP contribution in [-0.4, -0.2) is 11.1 Å². The minimum Gasteiger partial charge on any atom is -0.481 e. The lowest BCUT2D eigenvalue weighted by atomic mass is 9.74. The zero-order valence-electron chi connectivity index (χ0n) is 7.50. The topological polar surface area (TPSA) is 37.3 Å². The minimum absolute atomic E-state index is 0.170. The molecule has 1 N–H and O–H groups in total. The molecule has 12 heavy (non-hydrogen) atoms. The first kappa shape index (κ1) is 6.93. The molecule has 0 aliphatic heterocycles. The summed E-state index contributed by atoms with van der Waals surface area (Å²) in [4.78, 5) is 11.2. The zero-order chi connectivity index (χ0) is 8.72. The van der Waals surface area contributed by atoms with E-state index in [1.54, 1.807) is 0 Å². The van der Waals surface area contributed by atoms with Crippen LogP contribution in [0, 0.1) is 28.6 Å². The standard InChI is InChI=1S/C10H14O2/c1-9(8(11)12)5-3-6-7(4-5)10(6,9)2/h5-7H,3-4H2,1-2H3,(H,11,12). The Bertz CT molecular complexity index is 272. The summed E-state index contributed by atoms with van der Waals surface area (Å²) >= 11 is 0. The van der Waals surface area contributed by atoms with Crippen molar-refractivity contribution in [2.24, 2.45) is 28.6 Å². The van der Waals surface area contributed by atoms with E-state index in [9.17, 15) is 9.90 Å². The van der Waals surface area contributed by atoms with Crippen molar-refractivity contribution in [1.29, 1.82) is 0 Å². The molecule has 2 nitrogen and oxygen atoms in total. The molecule has 0 aromatic carbocycles. The van der Waals surface area contributed by atoms with E-state index in [0.717, 1.165) is 11.8 Å². The van der Waals surface area contributed by atoms with Gasteiger partial charge in [-0.1, -0.05) is 6.92 Å². The zero-order valence-corrected chi connectivity index (χ0v) is 7.50. The Labute approximate surface area is 72.0 Å². The highest BCUT2D eigenvalue weighted by atomic mass is 16.4. The minimum atomic E-state index is -0.558.